The zero-order valence-electron chi connectivity index (χ0n) is 14.6. The van der Waals surface area contributed by atoms with Gasteiger partial charge in [-0.15, -0.1) is 0 Å². The van der Waals surface area contributed by atoms with E-state index in [2.05, 4.69) is 4.72 Å². The highest BCUT2D eigenvalue weighted by Gasteiger charge is 2.33. The fourth-order valence-corrected chi connectivity index (χ4v) is 6.07. The number of carbonyl (C=O) groups is 1. The number of aryl methyl sites for hydroxylation is 2. The predicted octanol–water partition coefficient (Wildman–Crippen LogP) is 0.617. The lowest BCUT2D eigenvalue weighted by molar-refractivity contribution is -0.130. The summed E-state index contributed by atoms with van der Waals surface area (Å²) in [6.45, 7) is 5.07. The molecule has 1 aliphatic heterocycles. The van der Waals surface area contributed by atoms with Crippen LogP contribution >= 0.6 is 0 Å². The molecule has 9 heteroatoms. The molecule has 2 rings (SSSR count). The summed E-state index contributed by atoms with van der Waals surface area (Å²) in [4.78, 5) is 13.5. The van der Waals surface area contributed by atoms with Crippen LogP contribution in [-0.2, 0) is 24.7 Å². The van der Waals surface area contributed by atoms with Gasteiger partial charge in [-0.05, 0) is 37.5 Å². The molecule has 1 unspecified atom stereocenters. The van der Waals surface area contributed by atoms with Crippen molar-refractivity contribution in [1.82, 2.24) is 9.62 Å². The van der Waals surface area contributed by atoms with Crippen molar-refractivity contribution in [3.8, 4) is 0 Å². The Hall–Kier alpha value is -1.45. The molecule has 25 heavy (non-hydrogen) atoms. The maximum atomic E-state index is 12.5. The fourth-order valence-electron chi connectivity index (χ4n) is 2.99. The SMILES string of the molecule is CC(=O)N(CCNS(=O)(=O)c1cc(C)ccc1C)C1CCS(=O)(=O)C1. The van der Waals surface area contributed by atoms with Crippen molar-refractivity contribution in [2.24, 2.45) is 0 Å². The predicted molar refractivity (Wildman–Crippen MR) is 95.6 cm³/mol. The van der Waals surface area contributed by atoms with Gasteiger partial charge in [0.2, 0.25) is 15.9 Å². The quantitative estimate of drug-likeness (QED) is 0.770. The minimum atomic E-state index is -3.69. The van der Waals surface area contributed by atoms with Gasteiger partial charge in [-0.1, -0.05) is 12.1 Å². The molecule has 7 nitrogen and oxygen atoms in total. The van der Waals surface area contributed by atoms with Crippen LogP contribution < -0.4 is 4.72 Å². The maximum Gasteiger partial charge on any atom is 0.240 e. The molecule has 0 radical (unpaired) electrons. The van der Waals surface area contributed by atoms with Crippen LogP contribution in [0.5, 0.6) is 0 Å². The van der Waals surface area contributed by atoms with Crippen LogP contribution in [0.15, 0.2) is 23.1 Å². The van der Waals surface area contributed by atoms with Crippen LogP contribution in [0.3, 0.4) is 0 Å². The Morgan fingerprint density at radius 2 is 2.00 bits per heavy atom. The first-order chi connectivity index (χ1) is 11.5. The monoisotopic (exact) mass is 388 g/mol. The summed E-state index contributed by atoms with van der Waals surface area (Å²) in [5, 5.41) is 0. The molecule has 1 N–H and O–H groups in total. The van der Waals surface area contributed by atoms with Crippen LogP contribution in [0.1, 0.15) is 24.5 Å². The van der Waals surface area contributed by atoms with Crippen molar-refractivity contribution in [2.75, 3.05) is 24.6 Å². The van der Waals surface area contributed by atoms with Gasteiger partial charge in [-0.2, -0.15) is 0 Å². The van der Waals surface area contributed by atoms with Gasteiger partial charge in [0, 0.05) is 26.1 Å². The smallest absolute Gasteiger partial charge is 0.240 e. The van der Waals surface area contributed by atoms with Gasteiger partial charge in [-0.3, -0.25) is 4.79 Å². The number of rotatable bonds is 6. The molecule has 0 aliphatic carbocycles. The molecule has 1 heterocycles. The van der Waals surface area contributed by atoms with Gasteiger partial charge in [-0.25, -0.2) is 21.6 Å². The molecule has 140 valence electrons. The van der Waals surface area contributed by atoms with Gasteiger partial charge in [0.15, 0.2) is 9.84 Å². The van der Waals surface area contributed by atoms with Crippen molar-refractivity contribution in [1.29, 1.82) is 0 Å². The van der Waals surface area contributed by atoms with Crippen molar-refractivity contribution in [2.45, 2.75) is 38.1 Å². The molecule has 1 saturated heterocycles. The standard InChI is InChI=1S/C16H24N2O5S2/c1-12-4-5-13(2)16(10-12)25(22,23)17-7-8-18(14(3)19)15-6-9-24(20,21)11-15/h4-5,10,15,17H,6-9,11H2,1-3H3. The third-order valence-corrected chi connectivity index (χ3v) is 7.68. The molecule has 1 amide bonds. The molecule has 0 spiro atoms. The molecular weight excluding hydrogens is 364 g/mol. The molecule has 1 aromatic rings. The number of nitrogens with one attached hydrogen (secondary N) is 1. The number of hydrogen-bond acceptors (Lipinski definition) is 5. The van der Waals surface area contributed by atoms with E-state index in [0.717, 1.165) is 5.56 Å². The molecule has 1 aromatic carbocycles. The molecule has 1 fully saturated rings. The summed E-state index contributed by atoms with van der Waals surface area (Å²) < 4.78 is 50.7. The number of nitrogens with zero attached hydrogens (tertiary/aromatic N) is 1. The molecule has 0 aromatic heterocycles. The van der Waals surface area contributed by atoms with Crippen molar-refractivity contribution >= 4 is 25.8 Å². The van der Waals surface area contributed by atoms with E-state index >= 15 is 0 Å². The lowest BCUT2D eigenvalue weighted by Gasteiger charge is -2.27. The maximum absolute atomic E-state index is 12.5. The average Bonchev–Trinajstić information content (AvgIpc) is 2.85. The van der Waals surface area contributed by atoms with Crippen LogP contribution in [0.2, 0.25) is 0 Å². The Balaban J connectivity index is 2.04. The lowest BCUT2D eigenvalue weighted by Crippen LogP contribution is -2.44. The Morgan fingerprint density at radius 1 is 1.32 bits per heavy atom. The zero-order valence-corrected chi connectivity index (χ0v) is 16.3. The van der Waals surface area contributed by atoms with E-state index in [9.17, 15) is 21.6 Å². The van der Waals surface area contributed by atoms with E-state index in [0.29, 0.717) is 12.0 Å². The normalized spacial score (nSPS) is 19.7. The number of benzene rings is 1. The Morgan fingerprint density at radius 3 is 2.56 bits per heavy atom. The zero-order chi connectivity index (χ0) is 18.8. The lowest BCUT2D eigenvalue weighted by atomic mass is 10.2. The van der Waals surface area contributed by atoms with E-state index in [1.54, 1.807) is 19.1 Å². The van der Waals surface area contributed by atoms with E-state index in [1.807, 2.05) is 13.0 Å². The summed E-state index contributed by atoms with van der Waals surface area (Å²) in [6.07, 6.45) is 0.394. The second kappa shape index (κ2) is 7.43. The highest BCUT2D eigenvalue weighted by molar-refractivity contribution is 7.91. The molecule has 1 aliphatic rings. The Bertz CT molecular complexity index is 863. The first-order valence-electron chi connectivity index (χ1n) is 8.06. The van der Waals surface area contributed by atoms with Gasteiger partial charge in [0.1, 0.15) is 0 Å². The number of sulfone groups is 1. The van der Waals surface area contributed by atoms with E-state index in [1.165, 1.54) is 11.8 Å². The van der Waals surface area contributed by atoms with Crippen LogP contribution in [0.25, 0.3) is 0 Å². The van der Waals surface area contributed by atoms with Gasteiger partial charge >= 0.3 is 0 Å². The summed E-state index contributed by atoms with van der Waals surface area (Å²) in [5.41, 5.74) is 1.48. The number of carbonyl (C=O) groups excluding carboxylic acids is 1. The minimum absolute atomic E-state index is 0.0336. The van der Waals surface area contributed by atoms with Gasteiger partial charge < -0.3 is 4.90 Å². The van der Waals surface area contributed by atoms with Crippen LogP contribution in [0.4, 0.5) is 0 Å². The second-order valence-electron chi connectivity index (χ2n) is 6.44. The van der Waals surface area contributed by atoms with Crippen LogP contribution in [-0.4, -0.2) is 58.3 Å². The minimum Gasteiger partial charge on any atom is -0.338 e. The van der Waals surface area contributed by atoms with Gasteiger partial charge in [0.25, 0.3) is 0 Å². The highest BCUT2D eigenvalue weighted by atomic mass is 32.2. The molecule has 0 saturated carbocycles. The summed E-state index contributed by atoms with van der Waals surface area (Å²) in [7, 11) is -6.80. The van der Waals surface area contributed by atoms with Gasteiger partial charge in [0.05, 0.1) is 16.4 Å². The van der Waals surface area contributed by atoms with Crippen molar-refractivity contribution in [3.63, 3.8) is 0 Å². The van der Waals surface area contributed by atoms with E-state index in [4.69, 9.17) is 0 Å². The van der Waals surface area contributed by atoms with E-state index < -0.39 is 19.9 Å². The largest absolute Gasteiger partial charge is 0.338 e. The first-order valence-corrected chi connectivity index (χ1v) is 11.4. The van der Waals surface area contributed by atoms with Crippen molar-refractivity contribution in [3.05, 3.63) is 29.3 Å². The average molecular weight is 389 g/mol. The Kier molecular flexibility index (Phi) is 5.90. The number of sulfonamides is 1. The number of amides is 1. The third kappa shape index (κ3) is 5.02. The third-order valence-electron chi connectivity index (χ3n) is 4.33. The first kappa shape index (κ1) is 19.9. The van der Waals surface area contributed by atoms with Crippen molar-refractivity contribution < 1.29 is 21.6 Å². The second-order valence-corrected chi connectivity index (χ2v) is 10.4. The van der Waals surface area contributed by atoms with E-state index in [-0.39, 0.29) is 41.4 Å². The number of hydrogen-bond donors (Lipinski definition) is 1. The molecule has 1 atom stereocenters. The molecular formula is C16H24N2O5S2. The topological polar surface area (TPSA) is 101 Å². The Labute approximate surface area is 149 Å². The summed E-state index contributed by atoms with van der Waals surface area (Å²) >= 11 is 0. The summed E-state index contributed by atoms with van der Waals surface area (Å²) in [6, 6.07) is 4.80. The van der Waals surface area contributed by atoms with Crippen LogP contribution in [0, 0.1) is 13.8 Å². The summed E-state index contributed by atoms with van der Waals surface area (Å²) in [5.74, 6) is -0.251. The molecule has 0 bridgehead atoms. The highest BCUT2D eigenvalue weighted by Crippen LogP contribution is 2.19. The fraction of sp³-hybridized carbons (Fsp3) is 0.562.